The van der Waals surface area contributed by atoms with E-state index in [0.29, 0.717) is 5.02 Å². The van der Waals surface area contributed by atoms with Gasteiger partial charge >= 0.3 is 5.69 Å². The Bertz CT molecular complexity index is 548. The molecule has 0 bridgehead atoms. The van der Waals surface area contributed by atoms with Gasteiger partial charge in [-0.15, -0.1) is 0 Å². The van der Waals surface area contributed by atoms with Crippen molar-refractivity contribution in [1.82, 2.24) is 9.97 Å². The van der Waals surface area contributed by atoms with Gasteiger partial charge in [-0.3, -0.25) is 0 Å². The van der Waals surface area contributed by atoms with Gasteiger partial charge in [-0.05, 0) is 30.2 Å². The highest BCUT2D eigenvalue weighted by molar-refractivity contribution is 6.30. The molecule has 0 atom stereocenters. The summed E-state index contributed by atoms with van der Waals surface area (Å²) in [5.74, 6) is 0. The molecule has 1 aromatic heterocycles. The Balaban J connectivity index is 2.63. The van der Waals surface area contributed by atoms with E-state index in [9.17, 15) is 4.79 Å². The van der Waals surface area contributed by atoms with Gasteiger partial charge in [0.25, 0.3) is 0 Å². The minimum Gasteiger partial charge on any atom is -0.305 e. The quantitative estimate of drug-likeness (QED) is 0.802. The van der Waals surface area contributed by atoms with Crippen molar-refractivity contribution in [2.75, 3.05) is 0 Å². The second kappa shape index (κ2) is 3.87. The largest absolute Gasteiger partial charge is 0.345 e. The Morgan fingerprint density at radius 1 is 1.40 bits per heavy atom. The number of hydrogen-bond donors (Lipinski definition) is 1. The smallest absolute Gasteiger partial charge is 0.305 e. The standard InChI is InChI=1S/C11H9ClN2O/c1-7-6-13-11(15)14-10(7)8-3-2-4-9(12)5-8/h2-6H,1H3,(H,13,14,15). The van der Waals surface area contributed by atoms with E-state index in [1.54, 1.807) is 18.3 Å². The lowest BCUT2D eigenvalue weighted by Crippen LogP contribution is -2.11. The number of nitrogens with one attached hydrogen (secondary N) is 1. The van der Waals surface area contributed by atoms with Gasteiger partial charge < -0.3 is 4.98 Å². The first-order chi connectivity index (χ1) is 7.16. The van der Waals surface area contributed by atoms with E-state index in [0.717, 1.165) is 16.8 Å². The number of rotatable bonds is 1. The van der Waals surface area contributed by atoms with Gasteiger partial charge in [-0.2, -0.15) is 0 Å². The number of hydrogen-bond acceptors (Lipinski definition) is 2. The van der Waals surface area contributed by atoms with Crippen LogP contribution in [0, 0.1) is 6.92 Å². The molecule has 1 N–H and O–H groups in total. The van der Waals surface area contributed by atoms with Gasteiger partial charge in [0.05, 0.1) is 5.69 Å². The lowest BCUT2D eigenvalue weighted by Gasteiger charge is -2.04. The van der Waals surface area contributed by atoms with Crippen LogP contribution in [0.5, 0.6) is 0 Å². The molecule has 2 rings (SSSR count). The zero-order valence-corrected chi connectivity index (χ0v) is 8.88. The second-order valence-electron chi connectivity index (χ2n) is 3.26. The molecule has 1 aromatic carbocycles. The molecule has 3 nitrogen and oxygen atoms in total. The average molecular weight is 221 g/mol. The van der Waals surface area contributed by atoms with Gasteiger partial charge in [0, 0.05) is 11.2 Å². The van der Waals surface area contributed by atoms with Crippen LogP contribution in [-0.4, -0.2) is 9.97 Å². The van der Waals surface area contributed by atoms with Gasteiger partial charge in [0.2, 0.25) is 0 Å². The minimum absolute atomic E-state index is 0.351. The van der Waals surface area contributed by atoms with Crippen molar-refractivity contribution < 1.29 is 0 Å². The third kappa shape index (κ3) is 2.07. The van der Waals surface area contributed by atoms with Crippen LogP contribution in [0.1, 0.15) is 5.56 Å². The van der Waals surface area contributed by atoms with Gasteiger partial charge in [0.15, 0.2) is 0 Å². The first kappa shape index (κ1) is 9.93. The van der Waals surface area contributed by atoms with Crippen LogP contribution in [0.25, 0.3) is 11.3 Å². The number of H-pyrrole nitrogens is 1. The predicted octanol–water partition coefficient (Wildman–Crippen LogP) is 2.40. The molecule has 0 fully saturated rings. The molecule has 0 saturated carbocycles. The highest BCUT2D eigenvalue weighted by Gasteiger charge is 2.03. The fourth-order valence-corrected chi connectivity index (χ4v) is 1.59. The van der Waals surface area contributed by atoms with E-state index in [2.05, 4.69) is 9.97 Å². The number of aromatic nitrogens is 2. The first-order valence-corrected chi connectivity index (χ1v) is 4.86. The highest BCUT2D eigenvalue weighted by Crippen LogP contribution is 2.22. The second-order valence-corrected chi connectivity index (χ2v) is 3.69. The minimum atomic E-state index is -0.351. The lowest BCUT2D eigenvalue weighted by molar-refractivity contribution is 1.06. The molecule has 0 aliphatic carbocycles. The summed E-state index contributed by atoms with van der Waals surface area (Å²) < 4.78 is 0. The molecule has 1 heterocycles. The van der Waals surface area contributed by atoms with Gasteiger partial charge in [-0.25, -0.2) is 9.78 Å². The lowest BCUT2D eigenvalue weighted by atomic mass is 10.1. The molecule has 0 amide bonds. The fraction of sp³-hybridized carbons (Fsp3) is 0.0909. The van der Waals surface area contributed by atoms with Crippen LogP contribution >= 0.6 is 11.6 Å². The fourth-order valence-electron chi connectivity index (χ4n) is 1.40. The molecule has 0 aliphatic heterocycles. The van der Waals surface area contributed by atoms with Crippen molar-refractivity contribution in [2.24, 2.45) is 0 Å². The van der Waals surface area contributed by atoms with Crippen LogP contribution in [0.3, 0.4) is 0 Å². The Hall–Kier alpha value is -1.61. The molecule has 0 aliphatic rings. The maximum absolute atomic E-state index is 11.1. The monoisotopic (exact) mass is 220 g/mol. The van der Waals surface area contributed by atoms with Crippen molar-refractivity contribution >= 4 is 11.6 Å². The van der Waals surface area contributed by atoms with E-state index in [4.69, 9.17) is 11.6 Å². The highest BCUT2D eigenvalue weighted by atomic mass is 35.5. The molecule has 0 radical (unpaired) electrons. The summed E-state index contributed by atoms with van der Waals surface area (Å²) in [4.78, 5) is 17.4. The third-order valence-electron chi connectivity index (χ3n) is 2.12. The molecule has 2 aromatic rings. The molecule has 4 heteroatoms. The Morgan fingerprint density at radius 3 is 2.93 bits per heavy atom. The molecular weight excluding hydrogens is 212 g/mol. The topological polar surface area (TPSA) is 45.8 Å². The van der Waals surface area contributed by atoms with Crippen molar-refractivity contribution in [3.63, 3.8) is 0 Å². The Labute approximate surface area is 91.8 Å². The number of aromatic amines is 1. The van der Waals surface area contributed by atoms with E-state index in [-0.39, 0.29) is 5.69 Å². The number of aryl methyl sites for hydroxylation is 1. The SMILES string of the molecule is Cc1cnc(=O)[nH]c1-c1cccc(Cl)c1. The molecule has 0 unspecified atom stereocenters. The number of benzene rings is 1. The molecular formula is C11H9ClN2O. The summed E-state index contributed by atoms with van der Waals surface area (Å²) in [6.07, 6.45) is 1.55. The zero-order valence-electron chi connectivity index (χ0n) is 8.12. The van der Waals surface area contributed by atoms with Crippen LogP contribution in [0.4, 0.5) is 0 Å². The van der Waals surface area contributed by atoms with E-state index in [1.165, 1.54) is 0 Å². The third-order valence-corrected chi connectivity index (χ3v) is 2.35. The van der Waals surface area contributed by atoms with Crippen molar-refractivity contribution in [3.05, 3.63) is 51.5 Å². The summed E-state index contributed by atoms with van der Waals surface area (Å²) in [6, 6.07) is 7.33. The van der Waals surface area contributed by atoms with Gasteiger partial charge in [0.1, 0.15) is 0 Å². The maximum atomic E-state index is 11.1. The Morgan fingerprint density at radius 2 is 2.20 bits per heavy atom. The van der Waals surface area contributed by atoms with Crippen molar-refractivity contribution in [1.29, 1.82) is 0 Å². The predicted molar refractivity (Wildman–Crippen MR) is 60.0 cm³/mol. The number of nitrogens with zero attached hydrogens (tertiary/aromatic N) is 1. The van der Waals surface area contributed by atoms with Crippen LogP contribution < -0.4 is 5.69 Å². The maximum Gasteiger partial charge on any atom is 0.345 e. The normalized spacial score (nSPS) is 10.3. The van der Waals surface area contributed by atoms with E-state index >= 15 is 0 Å². The summed E-state index contributed by atoms with van der Waals surface area (Å²) in [5.41, 5.74) is 2.21. The number of halogens is 1. The van der Waals surface area contributed by atoms with E-state index in [1.807, 2.05) is 19.1 Å². The summed E-state index contributed by atoms with van der Waals surface area (Å²) in [6.45, 7) is 1.89. The molecule has 0 spiro atoms. The zero-order chi connectivity index (χ0) is 10.8. The van der Waals surface area contributed by atoms with Crippen LogP contribution in [0.15, 0.2) is 35.3 Å². The summed E-state index contributed by atoms with van der Waals surface area (Å²) in [5, 5.41) is 0.643. The van der Waals surface area contributed by atoms with Crippen LogP contribution in [0.2, 0.25) is 5.02 Å². The first-order valence-electron chi connectivity index (χ1n) is 4.48. The molecule has 76 valence electrons. The molecule has 0 saturated heterocycles. The molecule has 15 heavy (non-hydrogen) atoms. The van der Waals surface area contributed by atoms with E-state index < -0.39 is 0 Å². The Kier molecular flexibility index (Phi) is 2.56. The summed E-state index contributed by atoms with van der Waals surface area (Å²) in [7, 11) is 0. The average Bonchev–Trinajstić information content (AvgIpc) is 2.22. The van der Waals surface area contributed by atoms with Crippen LogP contribution in [-0.2, 0) is 0 Å². The van der Waals surface area contributed by atoms with Gasteiger partial charge in [-0.1, -0.05) is 23.7 Å². The van der Waals surface area contributed by atoms with Crippen molar-refractivity contribution in [2.45, 2.75) is 6.92 Å². The van der Waals surface area contributed by atoms with Crippen molar-refractivity contribution in [3.8, 4) is 11.3 Å². The summed E-state index contributed by atoms with van der Waals surface area (Å²) >= 11 is 5.88.